The molecule has 4 aromatic rings. The number of ether oxygens (including phenoxy) is 4. The fraction of sp³-hybridized carbons (Fsp3) is 0.188. The van der Waals surface area contributed by atoms with Crippen LogP contribution in [0.2, 0.25) is 0 Å². The Labute approximate surface area is 228 Å². The Hall–Kier alpha value is -4.78. The number of esters is 1. The zero-order valence-electron chi connectivity index (χ0n) is 22.0. The lowest BCUT2D eigenvalue weighted by atomic mass is 10.0. The van der Waals surface area contributed by atoms with Gasteiger partial charge in [-0.3, -0.25) is 4.79 Å². The van der Waals surface area contributed by atoms with Gasteiger partial charge in [0.25, 0.3) is 5.91 Å². The van der Waals surface area contributed by atoms with Crippen molar-refractivity contribution in [3.8, 4) is 17.2 Å². The van der Waals surface area contributed by atoms with E-state index in [2.05, 4.69) is 5.32 Å². The lowest BCUT2D eigenvalue weighted by molar-refractivity contribution is -0.142. The number of nitrogens with one attached hydrogen (secondary N) is 1. The van der Waals surface area contributed by atoms with Gasteiger partial charge in [0.2, 0.25) is 0 Å². The molecule has 1 N–H and O–H groups in total. The summed E-state index contributed by atoms with van der Waals surface area (Å²) in [5.74, 6) is 1.19. The smallest absolute Gasteiger partial charge is 0.328 e. The van der Waals surface area contributed by atoms with E-state index in [9.17, 15) is 9.59 Å². The normalized spacial score (nSPS) is 11.2. The SMILES string of the molecule is COC(=O)C(Cc1ccc(OCc2ccccc2)cc1)NC(=O)c1ccc(OCc2cccc(OC)c2)cc1. The molecule has 4 rings (SSSR count). The topological polar surface area (TPSA) is 83.1 Å². The van der Waals surface area contributed by atoms with E-state index in [-0.39, 0.29) is 12.3 Å². The van der Waals surface area contributed by atoms with Gasteiger partial charge in [0, 0.05) is 12.0 Å². The lowest BCUT2D eigenvalue weighted by Crippen LogP contribution is -2.43. The van der Waals surface area contributed by atoms with E-state index in [4.69, 9.17) is 18.9 Å². The molecular formula is C32H31NO6. The molecule has 0 aliphatic carbocycles. The predicted molar refractivity (Wildman–Crippen MR) is 148 cm³/mol. The summed E-state index contributed by atoms with van der Waals surface area (Å²) >= 11 is 0. The number of rotatable bonds is 12. The fourth-order valence-corrected chi connectivity index (χ4v) is 3.91. The molecule has 0 aromatic heterocycles. The van der Waals surface area contributed by atoms with Gasteiger partial charge in [0.1, 0.15) is 36.5 Å². The Morgan fingerprint density at radius 3 is 1.92 bits per heavy atom. The van der Waals surface area contributed by atoms with Crippen LogP contribution in [-0.2, 0) is 29.2 Å². The molecule has 0 bridgehead atoms. The molecule has 1 unspecified atom stereocenters. The van der Waals surface area contributed by atoms with Gasteiger partial charge in [0.15, 0.2) is 0 Å². The Morgan fingerprint density at radius 1 is 0.667 bits per heavy atom. The zero-order valence-corrected chi connectivity index (χ0v) is 22.0. The molecule has 39 heavy (non-hydrogen) atoms. The summed E-state index contributed by atoms with van der Waals surface area (Å²) in [4.78, 5) is 25.3. The highest BCUT2D eigenvalue weighted by molar-refractivity contribution is 5.96. The third-order valence-electron chi connectivity index (χ3n) is 6.06. The number of carbonyl (C=O) groups is 2. The summed E-state index contributed by atoms with van der Waals surface area (Å²) in [6.07, 6.45) is 0.277. The summed E-state index contributed by atoms with van der Waals surface area (Å²) in [7, 11) is 2.92. The summed E-state index contributed by atoms with van der Waals surface area (Å²) < 4.78 is 21.8. The van der Waals surface area contributed by atoms with E-state index in [0.29, 0.717) is 24.5 Å². The van der Waals surface area contributed by atoms with Crippen LogP contribution in [0.25, 0.3) is 0 Å². The van der Waals surface area contributed by atoms with E-state index in [1.807, 2.05) is 78.9 Å². The highest BCUT2D eigenvalue weighted by atomic mass is 16.5. The molecule has 0 radical (unpaired) electrons. The van der Waals surface area contributed by atoms with Crippen molar-refractivity contribution in [3.63, 3.8) is 0 Å². The molecule has 0 fully saturated rings. The quantitative estimate of drug-likeness (QED) is 0.251. The third kappa shape index (κ3) is 8.10. The molecule has 0 aliphatic rings. The summed E-state index contributed by atoms with van der Waals surface area (Å²) in [5.41, 5.74) is 3.31. The summed E-state index contributed by atoms with van der Waals surface area (Å²) in [6, 6.07) is 30.9. The van der Waals surface area contributed by atoms with Crippen molar-refractivity contribution in [2.75, 3.05) is 14.2 Å². The van der Waals surface area contributed by atoms with Crippen LogP contribution in [0.4, 0.5) is 0 Å². The second-order valence-corrected chi connectivity index (χ2v) is 8.84. The van der Waals surface area contributed by atoms with Crippen LogP contribution >= 0.6 is 0 Å². The monoisotopic (exact) mass is 525 g/mol. The molecule has 0 spiro atoms. The van der Waals surface area contributed by atoms with Crippen LogP contribution < -0.4 is 19.5 Å². The fourth-order valence-electron chi connectivity index (χ4n) is 3.91. The van der Waals surface area contributed by atoms with Crippen LogP contribution in [0.15, 0.2) is 103 Å². The second-order valence-electron chi connectivity index (χ2n) is 8.84. The van der Waals surface area contributed by atoms with Crippen molar-refractivity contribution in [2.45, 2.75) is 25.7 Å². The van der Waals surface area contributed by atoms with Crippen LogP contribution in [0, 0.1) is 0 Å². The number of benzene rings is 4. The highest BCUT2D eigenvalue weighted by Crippen LogP contribution is 2.18. The van der Waals surface area contributed by atoms with Crippen molar-refractivity contribution in [2.24, 2.45) is 0 Å². The van der Waals surface area contributed by atoms with Crippen LogP contribution in [0.3, 0.4) is 0 Å². The lowest BCUT2D eigenvalue weighted by Gasteiger charge is -2.17. The van der Waals surface area contributed by atoms with Gasteiger partial charge < -0.3 is 24.3 Å². The van der Waals surface area contributed by atoms with Crippen molar-refractivity contribution in [1.82, 2.24) is 5.32 Å². The Bertz CT molecular complexity index is 1350. The second kappa shape index (κ2) is 13.7. The average Bonchev–Trinajstić information content (AvgIpc) is 2.99. The first-order valence-electron chi connectivity index (χ1n) is 12.5. The Kier molecular flexibility index (Phi) is 9.56. The Balaban J connectivity index is 1.32. The van der Waals surface area contributed by atoms with Crippen molar-refractivity contribution >= 4 is 11.9 Å². The molecule has 1 atom stereocenters. The number of carbonyl (C=O) groups excluding carboxylic acids is 2. The minimum absolute atomic E-state index is 0.277. The molecule has 7 heteroatoms. The molecule has 7 nitrogen and oxygen atoms in total. The minimum atomic E-state index is -0.845. The van der Waals surface area contributed by atoms with Gasteiger partial charge in [-0.05, 0) is 65.2 Å². The highest BCUT2D eigenvalue weighted by Gasteiger charge is 2.23. The van der Waals surface area contributed by atoms with E-state index < -0.39 is 12.0 Å². The number of amides is 1. The maximum absolute atomic E-state index is 12.9. The third-order valence-corrected chi connectivity index (χ3v) is 6.06. The summed E-state index contributed by atoms with van der Waals surface area (Å²) in [6.45, 7) is 0.828. The van der Waals surface area contributed by atoms with Gasteiger partial charge in [0.05, 0.1) is 14.2 Å². The zero-order chi connectivity index (χ0) is 27.5. The van der Waals surface area contributed by atoms with Crippen molar-refractivity contribution in [3.05, 3.63) is 125 Å². The minimum Gasteiger partial charge on any atom is -0.497 e. The first-order chi connectivity index (χ1) is 19.0. The van der Waals surface area contributed by atoms with Crippen LogP contribution in [0.5, 0.6) is 17.2 Å². The van der Waals surface area contributed by atoms with Crippen LogP contribution in [-0.4, -0.2) is 32.1 Å². The van der Waals surface area contributed by atoms with E-state index in [0.717, 1.165) is 28.2 Å². The van der Waals surface area contributed by atoms with Crippen molar-refractivity contribution in [1.29, 1.82) is 0 Å². The van der Waals surface area contributed by atoms with E-state index in [1.54, 1.807) is 31.4 Å². The Morgan fingerprint density at radius 2 is 1.28 bits per heavy atom. The van der Waals surface area contributed by atoms with Gasteiger partial charge in [-0.25, -0.2) is 4.79 Å². The first-order valence-corrected chi connectivity index (χ1v) is 12.5. The first kappa shape index (κ1) is 27.3. The van der Waals surface area contributed by atoms with Gasteiger partial charge >= 0.3 is 5.97 Å². The molecule has 1 amide bonds. The number of hydrogen-bond donors (Lipinski definition) is 1. The maximum atomic E-state index is 12.9. The molecule has 0 saturated carbocycles. The van der Waals surface area contributed by atoms with Crippen molar-refractivity contribution < 1.29 is 28.5 Å². The summed E-state index contributed by atoms with van der Waals surface area (Å²) in [5, 5.41) is 2.78. The molecule has 0 heterocycles. The predicted octanol–water partition coefficient (Wildman–Crippen LogP) is 5.37. The number of methoxy groups -OCH3 is 2. The molecule has 0 saturated heterocycles. The maximum Gasteiger partial charge on any atom is 0.328 e. The van der Waals surface area contributed by atoms with E-state index in [1.165, 1.54) is 7.11 Å². The van der Waals surface area contributed by atoms with Gasteiger partial charge in [-0.1, -0.05) is 54.6 Å². The molecule has 4 aromatic carbocycles. The average molecular weight is 526 g/mol. The molecule has 0 aliphatic heterocycles. The largest absolute Gasteiger partial charge is 0.497 e. The molecular weight excluding hydrogens is 494 g/mol. The van der Waals surface area contributed by atoms with Crippen LogP contribution in [0.1, 0.15) is 27.0 Å². The van der Waals surface area contributed by atoms with Gasteiger partial charge in [-0.15, -0.1) is 0 Å². The number of hydrogen-bond acceptors (Lipinski definition) is 6. The van der Waals surface area contributed by atoms with Gasteiger partial charge in [-0.2, -0.15) is 0 Å². The molecule has 200 valence electrons. The standard InChI is InChI=1S/C32H31NO6/c1-36-29-10-6-9-25(19-29)22-39-28-17-13-26(14-18-28)31(34)33-30(32(35)37-2)20-23-11-15-27(16-12-23)38-21-24-7-4-3-5-8-24/h3-19,30H,20-22H2,1-2H3,(H,33,34). The van der Waals surface area contributed by atoms with E-state index >= 15 is 0 Å².